The van der Waals surface area contributed by atoms with Crippen LogP contribution >= 0.6 is 0 Å². The quantitative estimate of drug-likeness (QED) is 0.567. The van der Waals surface area contributed by atoms with Gasteiger partial charge in [0.05, 0.1) is 18.1 Å². The van der Waals surface area contributed by atoms with Gasteiger partial charge in [-0.15, -0.1) is 0 Å². The third kappa shape index (κ3) is 2.93. The summed E-state index contributed by atoms with van der Waals surface area (Å²) < 4.78 is 17.0. The van der Waals surface area contributed by atoms with E-state index in [0.29, 0.717) is 6.54 Å². The number of halogens is 1. The molecule has 3 heterocycles. The predicted octanol–water partition coefficient (Wildman–Crippen LogP) is 4.23. The van der Waals surface area contributed by atoms with Crippen molar-refractivity contribution in [2.45, 2.75) is 58.6 Å². The van der Waals surface area contributed by atoms with Crippen molar-refractivity contribution in [1.29, 1.82) is 0 Å². The molecule has 0 saturated carbocycles. The van der Waals surface area contributed by atoms with Crippen LogP contribution in [0.15, 0.2) is 37.2 Å². The molecule has 1 atom stereocenters. The van der Waals surface area contributed by atoms with E-state index < -0.39 is 0 Å². The minimum absolute atomic E-state index is 0.0485. The Bertz CT molecular complexity index is 915. The first kappa shape index (κ1) is 18.1. The molecule has 0 spiro atoms. The SMILES string of the molecule is C=C(CCC)C(c1ncn2c1CCC2)N1Cc2c(F)cc([B]C)cc2C1=C. The highest BCUT2D eigenvalue weighted by Crippen LogP contribution is 2.43. The number of aromatic nitrogens is 2. The Kier molecular flexibility index (Phi) is 4.71. The van der Waals surface area contributed by atoms with Gasteiger partial charge >= 0.3 is 0 Å². The lowest BCUT2D eigenvalue weighted by molar-refractivity contribution is 0.325. The first-order chi connectivity index (χ1) is 13.0. The first-order valence-electron chi connectivity index (χ1n) is 9.84. The molecule has 0 bridgehead atoms. The second-order valence-corrected chi connectivity index (χ2v) is 7.58. The van der Waals surface area contributed by atoms with Gasteiger partial charge in [-0.2, -0.15) is 0 Å². The van der Waals surface area contributed by atoms with Crippen molar-refractivity contribution < 1.29 is 4.39 Å². The van der Waals surface area contributed by atoms with Crippen LogP contribution in [0.1, 0.15) is 54.7 Å². The Morgan fingerprint density at radius 2 is 2.22 bits per heavy atom. The summed E-state index contributed by atoms with van der Waals surface area (Å²) in [6, 6.07) is 3.60. The zero-order valence-electron chi connectivity index (χ0n) is 16.3. The Morgan fingerprint density at radius 3 is 2.96 bits per heavy atom. The average Bonchev–Trinajstić information content (AvgIpc) is 3.33. The Morgan fingerprint density at radius 1 is 1.41 bits per heavy atom. The Balaban J connectivity index is 1.76. The standard InChI is InChI=1S/C22H26BFN3/c1-5-7-14(2)22(21-20-8-6-9-26(20)13-25-21)27-12-18-17(15(27)3)10-16(23-4)11-19(18)24/h10-11,13,22H,2-3,5-9,12H2,1,4H3. The van der Waals surface area contributed by atoms with Crippen LogP contribution in [-0.2, 0) is 19.5 Å². The van der Waals surface area contributed by atoms with E-state index in [-0.39, 0.29) is 11.9 Å². The number of aryl methyl sites for hydroxylation is 1. The summed E-state index contributed by atoms with van der Waals surface area (Å²) in [4.78, 5) is 6.96. The summed E-state index contributed by atoms with van der Waals surface area (Å²) in [5.74, 6) is -0.154. The van der Waals surface area contributed by atoms with Gasteiger partial charge in [-0.3, -0.25) is 0 Å². The number of imidazole rings is 1. The highest BCUT2D eigenvalue weighted by molar-refractivity contribution is 6.52. The average molecular weight is 362 g/mol. The van der Waals surface area contributed by atoms with E-state index in [1.807, 2.05) is 26.5 Å². The molecule has 1 aromatic heterocycles. The topological polar surface area (TPSA) is 21.1 Å². The Labute approximate surface area is 161 Å². The van der Waals surface area contributed by atoms with Crippen LogP contribution < -0.4 is 5.46 Å². The molecule has 1 aromatic carbocycles. The maximum Gasteiger partial charge on any atom is 0.148 e. The zero-order valence-corrected chi connectivity index (χ0v) is 16.3. The summed E-state index contributed by atoms with van der Waals surface area (Å²) in [7, 11) is 1.93. The summed E-state index contributed by atoms with van der Waals surface area (Å²) in [6.07, 6.45) is 6.10. The van der Waals surface area contributed by atoms with Crippen LogP contribution in [0.25, 0.3) is 5.70 Å². The molecule has 0 saturated heterocycles. The molecule has 3 nitrogen and oxygen atoms in total. The third-order valence-electron chi connectivity index (χ3n) is 5.86. The van der Waals surface area contributed by atoms with Gasteiger partial charge in [0.1, 0.15) is 13.1 Å². The summed E-state index contributed by atoms with van der Waals surface area (Å²) in [5, 5.41) is 0. The first-order valence-corrected chi connectivity index (χ1v) is 9.84. The van der Waals surface area contributed by atoms with Gasteiger partial charge < -0.3 is 9.47 Å². The van der Waals surface area contributed by atoms with Crippen molar-refractivity contribution in [2.75, 3.05) is 0 Å². The molecule has 27 heavy (non-hydrogen) atoms. The molecule has 5 heteroatoms. The second kappa shape index (κ2) is 7.03. The predicted molar refractivity (Wildman–Crippen MR) is 110 cm³/mol. The maximum atomic E-state index is 14.7. The van der Waals surface area contributed by atoms with Crippen molar-refractivity contribution in [2.24, 2.45) is 0 Å². The fourth-order valence-corrected chi connectivity index (χ4v) is 4.46. The molecular weight excluding hydrogens is 336 g/mol. The highest BCUT2D eigenvalue weighted by Gasteiger charge is 2.36. The van der Waals surface area contributed by atoms with Crippen molar-refractivity contribution in [1.82, 2.24) is 14.5 Å². The van der Waals surface area contributed by atoms with E-state index in [9.17, 15) is 4.39 Å². The number of nitrogens with zero attached hydrogens (tertiary/aromatic N) is 3. The molecule has 2 aliphatic heterocycles. The van der Waals surface area contributed by atoms with Crippen LogP contribution in [-0.4, -0.2) is 21.7 Å². The number of benzene rings is 1. The molecular formula is C22H26BFN3. The molecule has 0 fully saturated rings. The number of hydrogen-bond acceptors (Lipinski definition) is 2. The molecule has 0 amide bonds. The van der Waals surface area contributed by atoms with Crippen molar-refractivity contribution in [3.8, 4) is 0 Å². The van der Waals surface area contributed by atoms with E-state index in [0.717, 1.165) is 65.8 Å². The van der Waals surface area contributed by atoms with Gasteiger partial charge in [-0.25, -0.2) is 9.37 Å². The molecule has 1 radical (unpaired) electrons. The fourth-order valence-electron chi connectivity index (χ4n) is 4.46. The zero-order chi connectivity index (χ0) is 19.1. The lowest BCUT2D eigenvalue weighted by Crippen LogP contribution is -2.25. The van der Waals surface area contributed by atoms with E-state index in [2.05, 4.69) is 29.5 Å². The van der Waals surface area contributed by atoms with Gasteiger partial charge in [-0.1, -0.05) is 44.9 Å². The van der Waals surface area contributed by atoms with Crippen LogP contribution in [0.3, 0.4) is 0 Å². The molecule has 4 rings (SSSR count). The summed E-state index contributed by atoms with van der Waals surface area (Å²) in [6.45, 7) is 14.4. The second-order valence-electron chi connectivity index (χ2n) is 7.58. The number of fused-ring (bicyclic) bond motifs is 2. The minimum Gasteiger partial charge on any atom is -0.355 e. The van der Waals surface area contributed by atoms with Gasteiger partial charge in [0, 0.05) is 35.6 Å². The van der Waals surface area contributed by atoms with Crippen molar-refractivity contribution in [3.05, 3.63) is 65.5 Å². The largest absolute Gasteiger partial charge is 0.355 e. The molecule has 139 valence electrons. The van der Waals surface area contributed by atoms with E-state index in [1.54, 1.807) is 6.07 Å². The maximum absolute atomic E-state index is 14.7. The summed E-state index contributed by atoms with van der Waals surface area (Å²) in [5.41, 5.74) is 6.90. The number of rotatable bonds is 6. The van der Waals surface area contributed by atoms with Crippen LogP contribution in [0.4, 0.5) is 4.39 Å². The molecule has 0 N–H and O–H groups in total. The van der Waals surface area contributed by atoms with Gasteiger partial charge in [0.15, 0.2) is 0 Å². The monoisotopic (exact) mass is 362 g/mol. The Hall–Kier alpha value is -2.30. The van der Waals surface area contributed by atoms with Gasteiger partial charge in [0.2, 0.25) is 0 Å². The molecule has 1 unspecified atom stereocenters. The van der Waals surface area contributed by atoms with Crippen molar-refractivity contribution >= 4 is 18.4 Å². The van der Waals surface area contributed by atoms with Gasteiger partial charge in [0.25, 0.3) is 0 Å². The van der Waals surface area contributed by atoms with E-state index >= 15 is 0 Å². The summed E-state index contributed by atoms with van der Waals surface area (Å²) >= 11 is 0. The van der Waals surface area contributed by atoms with Crippen LogP contribution in [0.2, 0.25) is 6.82 Å². The van der Waals surface area contributed by atoms with Crippen molar-refractivity contribution in [3.63, 3.8) is 0 Å². The van der Waals surface area contributed by atoms with Gasteiger partial charge in [-0.05, 0) is 30.9 Å². The van der Waals surface area contributed by atoms with E-state index in [4.69, 9.17) is 4.98 Å². The minimum atomic E-state index is -0.154. The van der Waals surface area contributed by atoms with Crippen LogP contribution in [0, 0.1) is 5.82 Å². The smallest absolute Gasteiger partial charge is 0.148 e. The third-order valence-corrected chi connectivity index (χ3v) is 5.86. The normalized spacial score (nSPS) is 16.4. The molecule has 2 aromatic rings. The number of hydrogen-bond donors (Lipinski definition) is 0. The molecule has 2 aliphatic rings. The highest BCUT2D eigenvalue weighted by atomic mass is 19.1. The lowest BCUT2D eigenvalue weighted by Gasteiger charge is -2.32. The fraction of sp³-hybridized carbons (Fsp3) is 0.409. The van der Waals surface area contributed by atoms with E-state index in [1.165, 1.54) is 5.69 Å². The molecule has 0 aliphatic carbocycles. The lowest BCUT2D eigenvalue weighted by atomic mass is 9.72. The van der Waals surface area contributed by atoms with Crippen LogP contribution in [0.5, 0.6) is 0 Å².